The smallest absolute Gasteiger partial charge is 0.156 e. The number of aromatic nitrogens is 1. The lowest BCUT2D eigenvalue weighted by Crippen LogP contribution is -2.04. The predicted octanol–water partition coefficient (Wildman–Crippen LogP) is 3.70. The first kappa shape index (κ1) is 13.2. The van der Waals surface area contributed by atoms with Crippen molar-refractivity contribution in [3.8, 4) is 5.75 Å². The van der Waals surface area contributed by atoms with E-state index in [-0.39, 0.29) is 0 Å². The van der Waals surface area contributed by atoms with Crippen molar-refractivity contribution in [1.29, 1.82) is 0 Å². The Morgan fingerprint density at radius 1 is 1.28 bits per heavy atom. The molecule has 2 aromatic rings. The summed E-state index contributed by atoms with van der Waals surface area (Å²) in [7, 11) is 0. The van der Waals surface area contributed by atoms with Crippen LogP contribution in [0.1, 0.15) is 5.56 Å². The monoisotopic (exact) mass is 326 g/mol. The molecule has 1 aromatic carbocycles. The van der Waals surface area contributed by atoms with E-state index in [0.29, 0.717) is 23.1 Å². The summed E-state index contributed by atoms with van der Waals surface area (Å²) < 4.78 is 6.44. The fourth-order valence-electron chi connectivity index (χ4n) is 1.55. The van der Waals surface area contributed by atoms with Crippen molar-refractivity contribution in [2.24, 2.45) is 0 Å². The highest BCUT2D eigenvalue weighted by Crippen LogP contribution is 2.34. The van der Waals surface area contributed by atoms with Crippen LogP contribution in [0.3, 0.4) is 0 Å². The molecule has 0 amide bonds. The summed E-state index contributed by atoms with van der Waals surface area (Å²) in [5.41, 5.74) is 7.56. The van der Waals surface area contributed by atoms with E-state index in [2.05, 4.69) is 20.9 Å². The lowest BCUT2D eigenvalue weighted by Gasteiger charge is -2.11. The van der Waals surface area contributed by atoms with Crippen LogP contribution in [-0.4, -0.2) is 11.6 Å². The quantitative estimate of drug-likeness (QED) is 0.871. The number of ether oxygens (including phenoxy) is 1. The summed E-state index contributed by atoms with van der Waals surface area (Å²) in [6.45, 7) is 0.550. The Hall–Kier alpha value is -1.26. The second-order valence-electron chi connectivity index (χ2n) is 3.76. The third-order valence-corrected chi connectivity index (χ3v) is 3.23. The zero-order valence-corrected chi connectivity index (χ0v) is 11.9. The van der Waals surface area contributed by atoms with Gasteiger partial charge in [-0.25, -0.2) is 0 Å². The average Bonchev–Trinajstić information content (AvgIpc) is 2.34. The number of nitrogens with two attached hydrogens (primary N) is 1. The molecule has 0 bridgehead atoms. The van der Waals surface area contributed by atoms with E-state index >= 15 is 0 Å². The molecule has 0 aliphatic heterocycles. The molecule has 2 rings (SSSR count). The number of anilines is 1. The minimum atomic E-state index is 0.532. The van der Waals surface area contributed by atoms with Gasteiger partial charge in [-0.2, -0.15) is 0 Å². The third-order valence-electron chi connectivity index (χ3n) is 2.42. The number of nitrogen functional groups attached to an aromatic ring is 1. The molecule has 0 saturated heterocycles. The average molecular weight is 328 g/mol. The Balaban J connectivity index is 1.99. The van der Waals surface area contributed by atoms with E-state index in [9.17, 15) is 0 Å². The lowest BCUT2D eigenvalue weighted by molar-refractivity contribution is 0.321. The number of benzene rings is 1. The standard InChI is InChI=1S/C13H12BrClN2O/c14-11-7-10(15)8-12(16)13(11)18-6-3-9-1-4-17-5-2-9/h1-2,4-5,7-8H,3,6,16H2. The van der Waals surface area contributed by atoms with Crippen LogP contribution >= 0.6 is 27.5 Å². The van der Waals surface area contributed by atoms with Crippen molar-refractivity contribution >= 4 is 33.2 Å². The molecule has 0 unspecified atom stereocenters. The molecule has 0 spiro atoms. The molecule has 0 fully saturated rings. The largest absolute Gasteiger partial charge is 0.490 e. The summed E-state index contributed by atoms with van der Waals surface area (Å²) in [6, 6.07) is 7.36. The molecular formula is C13H12BrClN2O. The lowest BCUT2D eigenvalue weighted by atomic mass is 10.2. The van der Waals surface area contributed by atoms with Crippen molar-refractivity contribution in [1.82, 2.24) is 4.98 Å². The summed E-state index contributed by atoms with van der Waals surface area (Å²) in [5.74, 6) is 0.633. The molecule has 0 saturated carbocycles. The first-order chi connectivity index (χ1) is 8.66. The van der Waals surface area contributed by atoms with Gasteiger partial charge in [0.05, 0.1) is 16.8 Å². The SMILES string of the molecule is Nc1cc(Cl)cc(Br)c1OCCc1ccncc1. The van der Waals surface area contributed by atoms with Gasteiger partial charge in [0, 0.05) is 23.8 Å². The van der Waals surface area contributed by atoms with Gasteiger partial charge in [-0.1, -0.05) is 11.6 Å². The Morgan fingerprint density at radius 3 is 2.67 bits per heavy atom. The Kier molecular flexibility index (Phi) is 4.44. The maximum absolute atomic E-state index is 5.88. The van der Waals surface area contributed by atoms with Gasteiger partial charge in [-0.05, 0) is 45.8 Å². The Bertz CT molecular complexity index is 511. The molecule has 1 aromatic heterocycles. The van der Waals surface area contributed by atoms with Crippen LogP contribution in [0.4, 0.5) is 5.69 Å². The molecule has 94 valence electrons. The van der Waals surface area contributed by atoms with Crippen molar-refractivity contribution in [3.05, 3.63) is 51.7 Å². The number of nitrogens with zero attached hydrogens (tertiary/aromatic N) is 1. The molecule has 0 radical (unpaired) electrons. The van der Waals surface area contributed by atoms with Crippen molar-refractivity contribution in [2.45, 2.75) is 6.42 Å². The summed E-state index contributed by atoms with van der Waals surface area (Å²) in [6.07, 6.45) is 4.33. The minimum absolute atomic E-state index is 0.532. The van der Waals surface area contributed by atoms with Crippen LogP contribution in [0, 0.1) is 0 Å². The van der Waals surface area contributed by atoms with E-state index in [1.807, 2.05) is 12.1 Å². The predicted molar refractivity (Wildman–Crippen MR) is 77.0 cm³/mol. The van der Waals surface area contributed by atoms with E-state index in [0.717, 1.165) is 10.9 Å². The van der Waals surface area contributed by atoms with E-state index in [4.69, 9.17) is 22.1 Å². The fourth-order valence-corrected chi connectivity index (χ4v) is 2.50. The van der Waals surface area contributed by atoms with E-state index in [1.54, 1.807) is 24.5 Å². The van der Waals surface area contributed by atoms with Crippen molar-refractivity contribution < 1.29 is 4.74 Å². The van der Waals surface area contributed by atoms with E-state index in [1.165, 1.54) is 5.56 Å². The van der Waals surface area contributed by atoms with Crippen LogP contribution in [0.5, 0.6) is 5.75 Å². The van der Waals surface area contributed by atoms with Gasteiger partial charge in [0.25, 0.3) is 0 Å². The number of rotatable bonds is 4. The van der Waals surface area contributed by atoms with Gasteiger partial charge < -0.3 is 10.5 Å². The normalized spacial score (nSPS) is 10.3. The van der Waals surface area contributed by atoms with Crippen LogP contribution < -0.4 is 10.5 Å². The molecule has 3 nitrogen and oxygen atoms in total. The van der Waals surface area contributed by atoms with Crippen LogP contribution in [0.15, 0.2) is 41.1 Å². The molecule has 0 aliphatic rings. The highest BCUT2D eigenvalue weighted by atomic mass is 79.9. The summed E-state index contributed by atoms with van der Waals surface area (Å²) in [5, 5.41) is 0.584. The highest BCUT2D eigenvalue weighted by Gasteiger charge is 2.07. The maximum atomic E-state index is 5.88. The topological polar surface area (TPSA) is 48.1 Å². The molecule has 18 heavy (non-hydrogen) atoms. The fraction of sp³-hybridized carbons (Fsp3) is 0.154. The molecule has 0 aliphatic carbocycles. The number of halogens is 2. The number of hydrogen-bond acceptors (Lipinski definition) is 3. The first-order valence-corrected chi connectivity index (χ1v) is 6.60. The second kappa shape index (κ2) is 6.07. The zero-order chi connectivity index (χ0) is 13.0. The maximum Gasteiger partial charge on any atom is 0.156 e. The van der Waals surface area contributed by atoms with Gasteiger partial charge in [0.1, 0.15) is 0 Å². The van der Waals surface area contributed by atoms with E-state index < -0.39 is 0 Å². The number of pyridine rings is 1. The van der Waals surface area contributed by atoms with Gasteiger partial charge in [-0.3, -0.25) is 4.98 Å². The van der Waals surface area contributed by atoms with Crippen molar-refractivity contribution in [2.75, 3.05) is 12.3 Å². The minimum Gasteiger partial charge on any atom is -0.490 e. The zero-order valence-electron chi connectivity index (χ0n) is 9.57. The number of hydrogen-bond donors (Lipinski definition) is 1. The van der Waals surface area contributed by atoms with Gasteiger partial charge in [0.2, 0.25) is 0 Å². The highest BCUT2D eigenvalue weighted by molar-refractivity contribution is 9.10. The van der Waals surface area contributed by atoms with Crippen LogP contribution in [0.2, 0.25) is 5.02 Å². The summed E-state index contributed by atoms with van der Waals surface area (Å²) in [4.78, 5) is 3.97. The Labute approximate surface area is 119 Å². The Morgan fingerprint density at radius 2 is 2.00 bits per heavy atom. The first-order valence-electron chi connectivity index (χ1n) is 5.43. The second-order valence-corrected chi connectivity index (χ2v) is 5.05. The van der Waals surface area contributed by atoms with Gasteiger partial charge >= 0.3 is 0 Å². The van der Waals surface area contributed by atoms with Crippen molar-refractivity contribution in [3.63, 3.8) is 0 Å². The van der Waals surface area contributed by atoms with Gasteiger partial charge in [0.15, 0.2) is 5.75 Å². The molecular weight excluding hydrogens is 316 g/mol. The molecule has 2 N–H and O–H groups in total. The summed E-state index contributed by atoms with van der Waals surface area (Å²) >= 11 is 9.26. The molecule has 1 heterocycles. The van der Waals surface area contributed by atoms with Crippen LogP contribution in [-0.2, 0) is 6.42 Å². The molecule has 5 heteroatoms. The molecule has 0 atom stereocenters. The van der Waals surface area contributed by atoms with Gasteiger partial charge in [-0.15, -0.1) is 0 Å². The third kappa shape index (κ3) is 3.37. The van der Waals surface area contributed by atoms with Crippen LogP contribution in [0.25, 0.3) is 0 Å².